The van der Waals surface area contributed by atoms with E-state index in [1.165, 1.54) is 0 Å². The van der Waals surface area contributed by atoms with Gasteiger partial charge in [-0.3, -0.25) is 4.90 Å². The highest BCUT2D eigenvalue weighted by atomic mass is 16.5. The fourth-order valence-electron chi connectivity index (χ4n) is 2.17. The van der Waals surface area contributed by atoms with Gasteiger partial charge in [-0.2, -0.15) is 0 Å². The summed E-state index contributed by atoms with van der Waals surface area (Å²) in [5.41, 5.74) is 0. The van der Waals surface area contributed by atoms with Crippen molar-refractivity contribution in [2.75, 3.05) is 31.6 Å². The van der Waals surface area contributed by atoms with E-state index in [0.717, 1.165) is 44.3 Å². The SMILES string of the molecule is CCCNc1ccnc(C2CN(C(C)C)CCO2)n1. The summed E-state index contributed by atoms with van der Waals surface area (Å²) in [7, 11) is 0. The van der Waals surface area contributed by atoms with Crippen LogP contribution in [0.25, 0.3) is 0 Å². The van der Waals surface area contributed by atoms with Crippen LogP contribution >= 0.6 is 0 Å². The lowest BCUT2D eigenvalue weighted by molar-refractivity contribution is -0.0442. The average molecular weight is 264 g/mol. The molecule has 1 aromatic heterocycles. The monoisotopic (exact) mass is 264 g/mol. The van der Waals surface area contributed by atoms with Crippen molar-refractivity contribution >= 4 is 5.82 Å². The molecule has 2 rings (SSSR count). The molecule has 0 saturated carbocycles. The second-order valence-electron chi connectivity index (χ2n) is 5.17. The molecule has 0 amide bonds. The number of aromatic nitrogens is 2. The summed E-state index contributed by atoms with van der Waals surface area (Å²) in [6.45, 7) is 10.1. The molecule has 5 nitrogen and oxygen atoms in total. The second-order valence-corrected chi connectivity index (χ2v) is 5.17. The Hall–Kier alpha value is -1.20. The molecule has 1 aliphatic rings. The van der Waals surface area contributed by atoms with Gasteiger partial charge in [-0.05, 0) is 26.3 Å². The Kier molecular flexibility index (Phi) is 5.10. The van der Waals surface area contributed by atoms with Crippen molar-refractivity contribution in [3.8, 4) is 0 Å². The zero-order chi connectivity index (χ0) is 13.7. The number of morpholine rings is 1. The number of anilines is 1. The van der Waals surface area contributed by atoms with Gasteiger partial charge in [0.2, 0.25) is 0 Å². The summed E-state index contributed by atoms with van der Waals surface area (Å²) in [6, 6.07) is 2.44. The fourth-order valence-corrected chi connectivity index (χ4v) is 2.17. The lowest BCUT2D eigenvalue weighted by Gasteiger charge is -2.34. The van der Waals surface area contributed by atoms with Gasteiger partial charge in [-0.25, -0.2) is 9.97 Å². The van der Waals surface area contributed by atoms with E-state index in [-0.39, 0.29) is 6.10 Å². The van der Waals surface area contributed by atoms with E-state index < -0.39 is 0 Å². The number of ether oxygens (including phenoxy) is 1. The minimum Gasteiger partial charge on any atom is -0.370 e. The maximum atomic E-state index is 5.81. The maximum absolute atomic E-state index is 5.81. The molecule has 1 unspecified atom stereocenters. The van der Waals surface area contributed by atoms with E-state index in [4.69, 9.17) is 4.74 Å². The van der Waals surface area contributed by atoms with Crippen molar-refractivity contribution in [2.24, 2.45) is 0 Å². The molecule has 1 aromatic rings. The van der Waals surface area contributed by atoms with Crippen molar-refractivity contribution in [1.29, 1.82) is 0 Å². The molecule has 0 aromatic carbocycles. The summed E-state index contributed by atoms with van der Waals surface area (Å²) in [5.74, 6) is 1.67. The van der Waals surface area contributed by atoms with Crippen molar-refractivity contribution in [3.05, 3.63) is 18.1 Å². The van der Waals surface area contributed by atoms with Crippen LogP contribution in [0.15, 0.2) is 12.3 Å². The van der Waals surface area contributed by atoms with Crippen LogP contribution in [0.2, 0.25) is 0 Å². The fraction of sp³-hybridized carbons (Fsp3) is 0.714. The molecule has 0 radical (unpaired) electrons. The van der Waals surface area contributed by atoms with Crippen LogP contribution in [0.3, 0.4) is 0 Å². The van der Waals surface area contributed by atoms with E-state index >= 15 is 0 Å². The molecule has 0 spiro atoms. The van der Waals surface area contributed by atoms with Gasteiger partial charge in [0.25, 0.3) is 0 Å². The van der Waals surface area contributed by atoms with Crippen LogP contribution < -0.4 is 5.32 Å². The molecule has 5 heteroatoms. The van der Waals surface area contributed by atoms with Crippen molar-refractivity contribution < 1.29 is 4.74 Å². The number of rotatable bonds is 5. The summed E-state index contributed by atoms with van der Waals surface area (Å²) in [4.78, 5) is 11.3. The summed E-state index contributed by atoms with van der Waals surface area (Å²) >= 11 is 0. The minimum absolute atomic E-state index is 0.0143. The molecule has 1 aliphatic heterocycles. The number of nitrogens with one attached hydrogen (secondary N) is 1. The van der Waals surface area contributed by atoms with Gasteiger partial charge in [-0.15, -0.1) is 0 Å². The van der Waals surface area contributed by atoms with Gasteiger partial charge in [0.05, 0.1) is 6.61 Å². The molecule has 19 heavy (non-hydrogen) atoms. The third-order valence-corrected chi connectivity index (χ3v) is 3.35. The highest BCUT2D eigenvalue weighted by molar-refractivity contribution is 5.33. The zero-order valence-electron chi connectivity index (χ0n) is 12.1. The predicted octanol–water partition coefficient (Wildman–Crippen LogP) is 2.08. The van der Waals surface area contributed by atoms with Crippen molar-refractivity contribution in [2.45, 2.75) is 39.3 Å². The van der Waals surface area contributed by atoms with Crippen LogP contribution in [-0.4, -0.2) is 47.2 Å². The van der Waals surface area contributed by atoms with Crippen LogP contribution in [0, 0.1) is 0 Å². The first kappa shape index (κ1) is 14.2. The molecule has 0 bridgehead atoms. The van der Waals surface area contributed by atoms with E-state index in [1.807, 2.05) is 6.07 Å². The first-order chi connectivity index (χ1) is 9.20. The van der Waals surface area contributed by atoms with Gasteiger partial charge in [0.15, 0.2) is 5.82 Å². The van der Waals surface area contributed by atoms with Crippen LogP contribution in [-0.2, 0) is 4.74 Å². The Morgan fingerprint density at radius 2 is 2.37 bits per heavy atom. The van der Waals surface area contributed by atoms with E-state index in [9.17, 15) is 0 Å². The average Bonchev–Trinajstić information content (AvgIpc) is 2.45. The topological polar surface area (TPSA) is 50.3 Å². The van der Waals surface area contributed by atoms with Crippen LogP contribution in [0.5, 0.6) is 0 Å². The lowest BCUT2D eigenvalue weighted by Crippen LogP contribution is -2.42. The molecule has 2 heterocycles. The summed E-state index contributed by atoms with van der Waals surface area (Å²) < 4.78 is 5.81. The van der Waals surface area contributed by atoms with Gasteiger partial charge in [-0.1, -0.05) is 6.92 Å². The van der Waals surface area contributed by atoms with Gasteiger partial charge >= 0.3 is 0 Å². The number of nitrogens with zero attached hydrogens (tertiary/aromatic N) is 3. The zero-order valence-corrected chi connectivity index (χ0v) is 12.1. The molecular weight excluding hydrogens is 240 g/mol. The summed E-state index contributed by atoms with van der Waals surface area (Å²) in [5, 5.41) is 3.29. The number of hydrogen-bond donors (Lipinski definition) is 1. The van der Waals surface area contributed by atoms with E-state index in [0.29, 0.717) is 6.04 Å². The van der Waals surface area contributed by atoms with E-state index in [1.54, 1.807) is 6.20 Å². The Balaban J connectivity index is 2.04. The molecule has 1 atom stereocenters. The Morgan fingerprint density at radius 1 is 1.53 bits per heavy atom. The standard InChI is InChI=1S/C14H24N4O/c1-4-6-15-13-5-7-16-14(17-13)12-10-18(11(2)3)8-9-19-12/h5,7,11-12H,4,6,8-10H2,1-3H3,(H,15,16,17). The highest BCUT2D eigenvalue weighted by Crippen LogP contribution is 2.21. The first-order valence-electron chi connectivity index (χ1n) is 7.13. The predicted molar refractivity (Wildman–Crippen MR) is 76.2 cm³/mol. The Morgan fingerprint density at radius 3 is 3.11 bits per heavy atom. The van der Waals surface area contributed by atoms with Gasteiger partial charge in [0, 0.05) is 31.9 Å². The van der Waals surface area contributed by atoms with E-state index in [2.05, 4.69) is 41.0 Å². The molecule has 106 valence electrons. The largest absolute Gasteiger partial charge is 0.370 e. The number of hydrogen-bond acceptors (Lipinski definition) is 5. The molecule has 0 aliphatic carbocycles. The molecule has 1 saturated heterocycles. The van der Waals surface area contributed by atoms with Crippen LogP contribution in [0.1, 0.15) is 39.1 Å². The second kappa shape index (κ2) is 6.82. The molecule has 1 N–H and O–H groups in total. The van der Waals surface area contributed by atoms with Crippen molar-refractivity contribution in [1.82, 2.24) is 14.9 Å². The Labute approximate surface area is 115 Å². The Bertz CT molecular complexity index is 397. The highest BCUT2D eigenvalue weighted by Gasteiger charge is 2.25. The molecule has 1 fully saturated rings. The lowest BCUT2D eigenvalue weighted by atomic mass is 10.2. The normalized spacial score (nSPS) is 20.7. The summed E-state index contributed by atoms with van der Waals surface area (Å²) in [6.07, 6.45) is 2.87. The van der Waals surface area contributed by atoms with Gasteiger partial charge in [0.1, 0.15) is 11.9 Å². The van der Waals surface area contributed by atoms with Gasteiger partial charge < -0.3 is 10.1 Å². The molecular formula is C14H24N4O. The third-order valence-electron chi connectivity index (χ3n) is 3.35. The van der Waals surface area contributed by atoms with Crippen molar-refractivity contribution in [3.63, 3.8) is 0 Å². The van der Waals surface area contributed by atoms with Crippen LogP contribution in [0.4, 0.5) is 5.82 Å². The smallest absolute Gasteiger partial charge is 0.160 e. The third kappa shape index (κ3) is 3.88. The quantitative estimate of drug-likeness (QED) is 0.882. The minimum atomic E-state index is -0.0143. The maximum Gasteiger partial charge on any atom is 0.160 e. The first-order valence-corrected chi connectivity index (χ1v) is 7.13.